The van der Waals surface area contributed by atoms with Crippen LogP contribution in [0.1, 0.15) is 24.5 Å². The lowest BCUT2D eigenvalue weighted by Gasteiger charge is -2.35. The Morgan fingerprint density at radius 3 is 2.56 bits per heavy atom. The van der Waals surface area contributed by atoms with Crippen LogP contribution in [0.15, 0.2) is 24.3 Å². The molecule has 0 aliphatic carbocycles. The molecule has 1 aliphatic heterocycles. The van der Waals surface area contributed by atoms with Crippen molar-refractivity contribution >= 4 is 0 Å². The molecule has 0 radical (unpaired) electrons. The summed E-state index contributed by atoms with van der Waals surface area (Å²) in [7, 11) is 1.73. The van der Waals surface area contributed by atoms with Crippen molar-refractivity contribution in [2.24, 2.45) is 11.7 Å². The fraction of sp³-hybridized carbons (Fsp3) is 0.600. The van der Waals surface area contributed by atoms with Gasteiger partial charge in [-0.2, -0.15) is 0 Å². The summed E-state index contributed by atoms with van der Waals surface area (Å²) in [6.45, 7) is 6.12. The molecule has 1 saturated heterocycles. The fourth-order valence-corrected chi connectivity index (χ4v) is 2.48. The molecule has 18 heavy (non-hydrogen) atoms. The minimum Gasteiger partial charge on any atom is -0.380 e. The molecular formula is C15H24N2O. The summed E-state index contributed by atoms with van der Waals surface area (Å²) in [4.78, 5) is 2.45. The van der Waals surface area contributed by atoms with Crippen LogP contribution in [0, 0.1) is 5.92 Å². The molecule has 1 aromatic carbocycles. The number of nitrogens with zero attached hydrogens (tertiary/aromatic N) is 1. The van der Waals surface area contributed by atoms with E-state index in [0.29, 0.717) is 18.6 Å². The first kappa shape index (κ1) is 13.5. The second-order valence-corrected chi connectivity index (χ2v) is 5.41. The second-order valence-electron chi connectivity index (χ2n) is 5.41. The average Bonchev–Trinajstić information content (AvgIpc) is 2.37. The smallest absolute Gasteiger partial charge is 0.0713 e. The Labute approximate surface area is 110 Å². The van der Waals surface area contributed by atoms with Crippen LogP contribution in [0.2, 0.25) is 0 Å². The predicted molar refractivity (Wildman–Crippen MR) is 74.2 cm³/mol. The summed E-state index contributed by atoms with van der Waals surface area (Å²) in [5.41, 5.74) is 8.71. The third-order valence-electron chi connectivity index (χ3n) is 3.84. The zero-order valence-corrected chi connectivity index (χ0v) is 11.4. The van der Waals surface area contributed by atoms with E-state index in [1.165, 1.54) is 17.5 Å². The number of rotatable bonds is 4. The molecular weight excluding hydrogens is 224 g/mol. The van der Waals surface area contributed by atoms with Gasteiger partial charge in [0, 0.05) is 26.2 Å². The van der Waals surface area contributed by atoms with E-state index in [1.54, 1.807) is 7.11 Å². The van der Waals surface area contributed by atoms with Crippen LogP contribution in [0.5, 0.6) is 0 Å². The molecule has 2 unspecified atom stereocenters. The Bertz CT molecular complexity index is 363. The van der Waals surface area contributed by atoms with Crippen molar-refractivity contribution in [3.8, 4) is 0 Å². The van der Waals surface area contributed by atoms with Crippen molar-refractivity contribution in [3.05, 3.63) is 35.4 Å². The maximum atomic E-state index is 6.13. The Morgan fingerprint density at radius 1 is 1.28 bits per heavy atom. The number of likely N-dealkylation sites (tertiary alicyclic amines) is 1. The lowest BCUT2D eigenvalue weighted by atomic mass is 9.94. The third-order valence-corrected chi connectivity index (χ3v) is 3.84. The highest BCUT2D eigenvalue weighted by Gasteiger charge is 2.22. The topological polar surface area (TPSA) is 38.5 Å². The van der Waals surface area contributed by atoms with Gasteiger partial charge in [-0.1, -0.05) is 31.2 Å². The van der Waals surface area contributed by atoms with Crippen LogP contribution < -0.4 is 5.73 Å². The largest absolute Gasteiger partial charge is 0.380 e. The van der Waals surface area contributed by atoms with E-state index in [0.717, 1.165) is 19.6 Å². The summed E-state index contributed by atoms with van der Waals surface area (Å²) in [5.74, 6) is 0.658. The maximum Gasteiger partial charge on any atom is 0.0713 e. The van der Waals surface area contributed by atoms with Gasteiger partial charge < -0.3 is 10.5 Å². The molecule has 1 aromatic rings. The van der Waals surface area contributed by atoms with Gasteiger partial charge in [0.25, 0.3) is 0 Å². The van der Waals surface area contributed by atoms with E-state index in [4.69, 9.17) is 10.5 Å². The van der Waals surface area contributed by atoms with Gasteiger partial charge in [-0.15, -0.1) is 0 Å². The van der Waals surface area contributed by atoms with Crippen molar-refractivity contribution in [2.75, 3.05) is 20.2 Å². The summed E-state index contributed by atoms with van der Waals surface area (Å²) in [6, 6.07) is 9.00. The van der Waals surface area contributed by atoms with Crippen LogP contribution in [0.3, 0.4) is 0 Å². The van der Waals surface area contributed by atoms with Crippen molar-refractivity contribution in [2.45, 2.75) is 32.5 Å². The normalized spacial score (nSPS) is 25.3. The molecule has 2 rings (SSSR count). The first-order chi connectivity index (χ1) is 8.69. The molecule has 0 bridgehead atoms. The van der Waals surface area contributed by atoms with Crippen molar-refractivity contribution in [1.29, 1.82) is 0 Å². The van der Waals surface area contributed by atoms with E-state index in [2.05, 4.69) is 36.1 Å². The molecule has 3 nitrogen and oxygen atoms in total. The van der Waals surface area contributed by atoms with E-state index < -0.39 is 0 Å². The van der Waals surface area contributed by atoms with E-state index in [9.17, 15) is 0 Å². The first-order valence-electron chi connectivity index (χ1n) is 6.73. The monoisotopic (exact) mass is 248 g/mol. The molecule has 1 aliphatic rings. The number of hydrogen-bond acceptors (Lipinski definition) is 3. The Balaban J connectivity index is 1.89. The molecule has 0 saturated carbocycles. The van der Waals surface area contributed by atoms with Gasteiger partial charge in [-0.05, 0) is 30.0 Å². The van der Waals surface area contributed by atoms with E-state index >= 15 is 0 Å². The van der Waals surface area contributed by atoms with E-state index in [1.807, 2.05) is 0 Å². The van der Waals surface area contributed by atoms with Crippen molar-refractivity contribution < 1.29 is 4.74 Å². The van der Waals surface area contributed by atoms with Crippen molar-refractivity contribution in [1.82, 2.24) is 4.90 Å². The highest BCUT2D eigenvalue weighted by molar-refractivity contribution is 5.22. The Morgan fingerprint density at radius 2 is 1.94 bits per heavy atom. The minimum absolute atomic E-state index is 0.325. The van der Waals surface area contributed by atoms with Gasteiger partial charge in [0.2, 0.25) is 0 Å². The molecule has 0 aromatic heterocycles. The number of nitrogens with two attached hydrogens (primary N) is 1. The highest BCUT2D eigenvalue weighted by atomic mass is 16.5. The van der Waals surface area contributed by atoms with E-state index in [-0.39, 0.29) is 0 Å². The summed E-state index contributed by atoms with van der Waals surface area (Å²) in [5, 5.41) is 0. The first-order valence-corrected chi connectivity index (χ1v) is 6.73. The van der Waals surface area contributed by atoms with Crippen LogP contribution in [0.25, 0.3) is 0 Å². The SMILES string of the molecule is COCc1ccc(CN2CCC(C)C(N)C2)cc1. The van der Waals surface area contributed by atoms with Crippen LogP contribution >= 0.6 is 0 Å². The highest BCUT2D eigenvalue weighted by Crippen LogP contribution is 2.17. The van der Waals surface area contributed by atoms with Crippen LogP contribution in [0.4, 0.5) is 0 Å². The predicted octanol–water partition coefficient (Wildman–Crippen LogP) is 2.00. The molecule has 2 N–H and O–H groups in total. The average molecular weight is 248 g/mol. The molecule has 0 spiro atoms. The van der Waals surface area contributed by atoms with Gasteiger partial charge in [0.05, 0.1) is 6.61 Å². The summed E-state index contributed by atoms with van der Waals surface area (Å²) < 4.78 is 5.12. The second kappa shape index (κ2) is 6.32. The van der Waals surface area contributed by atoms with Gasteiger partial charge in [0.15, 0.2) is 0 Å². The number of piperidine rings is 1. The van der Waals surface area contributed by atoms with Crippen LogP contribution in [-0.2, 0) is 17.9 Å². The lowest BCUT2D eigenvalue weighted by Crippen LogP contribution is -2.47. The van der Waals surface area contributed by atoms with Crippen LogP contribution in [-0.4, -0.2) is 31.1 Å². The third kappa shape index (κ3) is 3.55. The Kier molecular flexibility index (Phi) is 4.75. The molecule has 2 atom stereocenters. The number of benzene rings is 1. The number of ether oxygens (including phenoxy) is 1. The molecule has 1 fully saturated rings. The van der Waals surface area contributed by atoms with Gasteiger partial charge in [0.1, 0.15) is 0 Å². The number of hydrogen-bond donors (Lipinski definition) is 1. The quantitative estimate of drug-likeness (QED) is 0.885. The molecule has 3 heteroatoms. The zero-order valence-electron chi connectivity index (χ0n) is 11.4. The molecule has 1 heterocycles. The van der Waals surface area contributed by atoms with Crippen molar-refractivity contribution in [3.63, 3.8) is 0 Å². The maximum absolute atomic E-state index is 6.13. The molecule has 0 amide bonds. The summed E-state index contributed by atoms with van der Waals surface area (Å²) in [6.07, 6.45) is 1.21. The fourth-order valence-electron chi connectivity index (χ4n) is 2.48. The van der Waals surface area contributed by atoms with Gasteiger partial charge in [-0.25, -0.2) is 0 Å². The minimum atomic E-state index is 0.325. The zero-order chi connectivity index (χ0) is 13.0. The number of methoxy groups -OCH3 is 1. The molecule has 100 valence electrons. The lowest BCUT2D eigenvalue weighted by molar-refractivity contribution is 0.162. The Hall–Kier alpha value is -0.900. The van der Waals surface area contributed by atoms with Gasteiger partial charge >= 0.3 is 0 Å². The standard InChI is InChI=1S/C15H24N2O/c1-12-7-8-17(10-15(12)16)9-13-3-5-14(6-4-13)11-18-2/h3-6,12,15H,7-11,16H2,1-2H3. The van der Waals surface area contributed by atoms with Gasteiger partial charge in [-0.3, -0.25) is 4.90 Å². The summed E-state index contributed by atoms with van der Waals surface area (Å²) >= 11 is 0.